The highest BCUT2D eigenvalue weighted by molar-refractivity contribution is 5.91. The molecule has 100 valence electrons. The molecule has 3 nitrogen and oxygen atoms in total. The van der Waals surface area contributed by atoms with Crippen molar-refractivity contribution in [2.75, 3.05) is 0 Å². The second-order valence-electron chi connectivity index (χ2n) is 5.98. The van der Waals surface area contributed by atoms with Crippen LogP contribution in [0.15, 0.2) is 24.4 Å². The molecule has 0 saturated carbocycles. The zero-order chi connectivity index (χ0) is 14.2. The Labute approximate surface area is 114 Å². The van der Waals surface area contributed by atoms with Gasteiger partial charge in [0.1, 0.15) is 0 Å². The number of aromatic amines is 1. The van der Waals surface area contributed by atoms with Crippen molar-refractivity contribution in [3.05, 3.63) is 41.3 Å². The number of hydrogen-bond donors (Lipinski definition) is 1. The Balaban J connectivity index is 2.51. The summed E-state index contributed by atoms with van der Waals surface area (Å²) in [6, 6.07) is 6.44. The molecule has 0 fully saturated rings. The smallest absolute Gasteiger partial charge is 0.194 e. The first kappa shape index (κ1) is 13.5. The molecule has 1 aromatic heterocycles. The van der Waals surface area contributed by atoms with Crippen LogP contribution < -0.4 is 0 Å². The number of rotatable bonds is 2. The van der Waals surface area contributed by atoms with Gasteiger partial charge in [-0.3, -0.25) is 4.79 Å². The van der Waals surface area contributed by atoms with E-state index in [2.05, 4.69) is 55.9 Å². The van der Waals surface area contributed by atoms with E-state index >= 15 is 0 Å². The van der Waals surface area contributed by atoms with Gasteiger partial charge >= 0.3 is 0 Å². The van der Waals surface area contributed by atoms with E-state index < -0.39 is 0 Å². The summed E-state index contributed by atoms with van der Waals surface area (Å²) < 4.78 is 0. The van der Waals surface area contributed by atoms with Crippen LogP contribution in [0.3, 0.4) is 0 Å². The second kappa shape index (κ2) is 4.65. The highest BCUT2D eigenvalue weighted by atomic mass is 16.1. The van der Waals surface area contributed by atoms with Crippen molar-refractivity contribution < 1.29 is 4.79 Å². The number of nitrogens with one attached hydrogen (secondary N) is 1. The van der Waals surface area contributed by atoms with Gasteiger partial charge in [-0.2, -0.15) is 0 Å². The van der Waals surface area contributed by atoms with Crippen LogP contribution in [0.2, 0.25) is 0 Å². The average molecular weight is 256 g/mol. The van der Waals surface area contributed by atoms with Crippen LogP contribution >= 0.6 is 0 Å². The first-order valence-electron chi connectivity index (χ1n) is 6.46. The van der Waals surface area contributed by atoms with Gasteiger partial charge in [0.05, 0.1) is 11.9 Å². The van der Waals surface area contributed by atoms with Gasteiger partial charge in [0.2, 0.25) is 0 Å². The van der Waals surface area contributed by atoms with Gasteiger partial charge < -0.3 is 4.98 Å². The Kier molecular flexibility index (Phi) is 3.31. The Morgan fingerprint density at radius 2 is 1.95 bits per heavy atom. The fraction of sp³-hybridized carbons (Fsp3) is 0.375. The maximum atomic E-state index is 11.3. The quantitative estimate of drug-likeness (QED) is 0.829. The number of aromatic nitrogens is 2. The largest absolute Gasteiger partial charge is 0.336 e. The molecule has 0 radical (unpaired) electrons. The van der Waals surface area contributed by atoms with Gasteiger partial charge in [-0.15, -0.1) is 0 Å². The van der Waals surface area contributed by atoms with Gasteiger partial charge in [0.15, 0.2) is 11.6 Å². The molecule has 2 aromatic rings. The highest BCUT2D eigenvalue weighted by Crippen LogP contribution is 2.29. The average Bonchev–Trinajstić information content (AvgIpc) is 2.77. The molecule has 1 N–H and O–H groups in total. The summed E-state index contributed by atoms with van der Waals surface area (Å²) in [5.41, 5.74) is 4.55. The first-order valence-corrected chi connectivity index (χ1v) is 6.46. The molecular weight excluding hydrogens is 236 g/mol. The zero-order valence-electron chi connectivity index (χ0n) is 12.2. The number of hydrogen-bond acceptors (Lipinski definition) is 2. The maximum Gasteiger partial charge on any atom is 0.194 e. The SMILES string of the molecule is CC(=O)c1ncc(-c2cc(C(C)(C)C)ccc2C)[nH]1. The lowest BCUT2D eigenvalue weighted by atomic mass is 9.85. The molecule has 0 aliphatic heterocycles. The standard InChI is InChI=1S/C16H20N2O/c1-10-6-7-12(16(3,4)5)8-13(10)14-9-17-15(18-14)11(2)19/h6-9H,1-5H3,(H,17,18). The van der Waals surface area contributed by atoms with Crippen molar-refractivity contribution in [1.82, 2.24) is 9.97 Å². The summed E-state index contributed by atoms with van der Waals surface area (Å²) in [6.07, 6.45) is 1.73. The zero-order valence-corrected chi connectivity index (χ0v) is 12.2. The molecule has 0 aliphatic rings. The van der Waals surface area contributed by atoms with Crippen LogP contribution in [0.4, 0.5) is 0 Å². The van der Waals surface area contributed by atoms with Crippen LogP contribution in [0.5, 0.6) is 0 Å². The summed E-state index contributed by atoms with van der Waals surface area (Å²) in [7, 11) is 0. The van der Waals surface area contributed by atoms with Crippen LogP contribution in [-0.4, -0.2) is 15.8 Å². The number of nitrogens with zero attached hydrogens (tertiary/aromatic N) is 1. The first-order chi connectivity index (χ1) is 8.79. The fourth-order valence-electron chi connectivity index (χ4n) is 2.02. The van der Waals surface area contributed by atoms with Crippen molar-refractivity contribution in [3.8, 4) is 11.3 Å². The third-order valence-corrected chi connectivity index (χ3v) is 3.30. The molecule has 0 bridgehead atoms. The summed E-state index contributed by atoms with van der Waals surface area (Å²) in [4.78, 5) is 18.5. The molecule has 0 unspecified atom stereocenters. The molecule has 2 rings (SSSR count). The van der Waals surface area contributed by atoms with Gasteiger partial charge in [-0.25, -0.2) is 4.98 Å². The van der Waals surface area contributed by atoms with E-state index in [1.165, 1.54) is 18.1 Å². The Bertz CT molecular complexity index is 618. The molecule has 0 aliphatic carbocycles. The van der Waals surface area contributed by atoms with Gasteiger partial charge in [0, 0.05) is 12.5 Å². The van der Waals surface area contributed by atoms with Crippen LogP contribution in [0.1, 0.15) is 49.4 Å². The molecule has 0 atom stereocenters. The van der Waals surface area contributed by atoms with Crippen molar-refractivity contribution in [3.63, 3.8) is 0 Å². The van der Waals surface area contributed by atoms with Crippen molar-refractivity contribution in [2.45, 2.75) is 40.0 Å². The topological polar surface area (TPSA) is 45.8 Å². The minimum atomic E-state index is -0.0455. The molecule has 3 heteroatoms. The van der Waals surface area contributed by atoms with E-state index in [0.717, 1.165) is 11.3 Å². The molecule has 0 saturated heterocycles. The van der Waals surface area contributed by atoms with Gasteiger partial charge in [-0.1, -0.05) is 32.9 Å². The van der Waals surface area contributed by atoms with Gasteiger partial charge in [0.25, 0.3) is 0 Å². The predicted molar refractivity (Wildman–Crippen MR) is 77.5 cm³/mol. The molecule has 0 spiro atoms. The number of carbonyl (C=O) groups is 1. The molecule has 1 heterocycles. The highest BCUT2D eigenvalue weighted by Gasteiger charge is 2.16. The van der Waals surface area contributed by atoms with Crippen molar-refractivity contribution in [1.29, 1.82) is 0 Å². The molecule has 1 aromatic carbocycles. The number of aryl methyl sites for hydroxylation is 1. The molecule has 19 heavy (non-hydrogen) atoms. The number of benzene rings is 1. The number of Topliss-reactive ketones (excluding diaryl/α,β-unsaturated/α-hetero) is 1. The molecule has 0 amide bonds. The lowest BCUT2D eigenvalue weighted by Gasteiger charge is -2.20. The lowest BCUT2D eigenvalue weighted by Crippen LogP contribution is -2.11. The van der Waals surface area contributed by atoms with Crippen LogP contribution in [0.25, 0.3) is 11.3 Å². The van der Waals surface area contributed by atoms with E-state index in [4.69, 9.17) is 0 Å². The third-order valence-electron chi connectivity index (χ3n) is 3.30. The normalized spacial score (nSPS) is 11.6. The molecular formula is C16H20N2O. The van der Waals surface area contributed by atoms with Crippen molar-refractivity contribution >= 4 is 5.78 Å². The van der Waals surface area contributed by atoms with Gasteiger partial charge in [-0.05, 0) is 29.5 Å². The Hall–Kier alpha value is -1.90. The van der Waals surface area contributed by atoms with Crippen LogP contribution in [-0.2, 0) is 5.41 Å². The van der Waals surface area contributed by atoms with Crippen molar-refractivity contribution in [2.24, 2.45) is 0 Å². The fourth-order valence-corrected chi connectivity index (χ4v) is 2.02. The number of ketones is 1. The third kappa shape index (κ3) is 2.75. The Morgan fingerprint density at radius 3 is 2.47 bits per heavy atom. The summed E-state index contributed by atoms with van der Waals surface area (Å²) in [5, 5.41) is 0. The minimum Gasteiger partial charge on any atom is -0.336 e. The predicted octanol–water partition coefficient (Wildman–Crippen LogP) is 3.89. The lowest BCUT2D eigenvalue weighted by molar-refractivity contribution is 0.100. The Morgan fingerprint density at radius 1 is 1.26 bits per heavy atom. The summed E-state index contributed by atoms with van der Waals surface area (Å²) >= 11 is 0. The number of imidazole rings is 1. The van der Waals surface area contributed by atoms with E-state index in [-0.39, 0.29) is 11.2 Å². The second-order valence-corrected chi connectivity index (χ2v) is 5.98. The maximum absolute atomic E-state index is 11.3. The van der Waals surface area contributed by atoms with Crippen LogP contribution in [0, 0.1) is 6.92 Å². The number of carbonyl (C=O) groups excluding carboxylic acids is 1. The number of H-pyrrole nitrogens is 1. The van der Waals surface area contributed by atoms with E-state index in [1.807, 2.05) is 0 Å². The summed E-state index contributed by atoms with van der Waals surface area (Å²) in [5.74, 6) is 0.367. The van der Waals surface area contributed by atoms with E-state index in [9.17, 15) is 4.79 Å². The summed E-state index contributed by atoms with van der Waals surface area (Å²) in [6.45, 7) is 10.2. The van der Waals surface area contributed by atoms with E-state index in [0.29, 0.717) is 5.82 Å². The minimum absolute atomic E-state index is 0.0455. The monoisotopic (exact) mass is 256 g/mol. The van der Waals surface area contributed by atoms with E-state index in [1.54, 1.807) is 6.20 Å².